The molecule has 2 aromatic heterocycles. The zero-order valence-electron chi connectivity index (χ0n) is 13.4. The number of amides is 1. The highest BCUT2D eigenvalue weighted by Crippen LogP contribution is 2.33. The highest BCUT2D eigenvalue weighted by molar-refractivity contribution is 7.09. The number of aromatic nitrogens is 1. The van der Waals surface area contributed by atoms with Crippen LogP contribution in [0.1, 0.15) is 23.6 Å². The Balaban J connectivity index is 1.28. The summed E-state index contributed by atoms with van der Waals surface area (Å²) in [6, 6.07) is 3.67. The zero-order valence-corrected chi connectivity index (χ0v) is 14.2. The minimum atomic E-state index is -0.338. The Bertz CT molecular complexity index is 659. The Morgan fingerprint density at radius 2 is 2.46 bits per heavy atom. The molecule has 2 aliphatic heterocycles. The lowest BCUT2D eigenvalue weighted by Crippen LogP contribution is -2.42. The van der Waals surface area contributed by atoms with Crippen LogP contribution in [0, 0.1) is 5.92 Å². The normalized spacial score (nSPS) is 27.1. The maximum absolute atomic E-state index is 12.3. The molecule has 7 heteroatoms. The minimum Gasteiger partial charge on any atom is -0.467 e. The van der Waals surface area contributed by atoms with Gasteiger partial charge in [-0.3, -0.25) is 9.69 Å². The summed E-state index contributed by atoms with van der Waals surface area (Å²) in [7, 11) is 0. The Morgan fingerprint density at radius 3 is 3.25 bits per heavy atom. The van der Waals surface area contributed by atoms with Gasteiger partial charge in [-0.1, -0.05) is 0 Å². The van der Waals surface area contributed by atoms with Gasteiger partial charge in [-0.15, -0.1) is 11.3 Å². The lowest BCUT2D eigenvalue weighted by atomic mass is 9.91. The number of likely N-dealkylation sites (tertiary alicyclic amines) is 1. The third-order valence-electron chi connectivity index (χ3n) is 4.79. The van der Waals surface area contributed by atoms with Gasteiger partial charge in [0, 0.05) is 18.1 Å². The molecule has 0 radical (unpaired) electrons. The molecule has 0 unspecified atom stereocenters. The van der Waals surface area contributed by atoms with E-state index in [9.17, 15) is 4.79 Å². The molecule has 0 bridgehead atoms. The van der Waals surface area contributed by atoms with Crippen LogP contribution in [-0.2, 0) is 22.6 Å². The van der Waals surface area contributed by atoms with Crippen molar-refractivity contribution in [2.24, 2.45) is 5.92 Å². The van der Waals surface area contributed by atoms with E-state index in [1.54, 1.807) is 17.6 Å². The summed E-state index contributed by atoms with van der Waals surface area (Å²) < 4.78 is 11.3. The average Bonchev–Trinajstić information content (AvgIpc) is 3.33. The van der Waals surface area contributed by atoms with Crippen molar-refractivity contribution >= 4 is 17.2 Å². The van der Waals surface area contributed by atoms with Crippen molar-refractivity contribution in [2.45, 2.75) is 38.1 Å². The fourth-order valence-electron chi connectivity index (χ4n) is 3.53. The van der Waals surface area contributed by atoms with Gasteiger partial charge in [0.05, 0.1) is 25.5 Å². The van der Waals surface area contributed by atoms with Gasteiger partial charge in [0.2, 0.25) is 5.91 Å². The number of piperidine rings is 1. The summed E-state index contributed by atoms with van der Waals surface area (Å²) in [4.78, 5) is 19.1. The number of hydrogen-bond acceptors (Lipinski definition) is 6. The molecule has 2 fully saturated rings. The van der Waals surface area contributed by atoms with Crippen molar-refractivity contribution in [3.63, 3.8) is 0 Å². The van der Waals surface area contributed by atoms with Crippen LogP contribution < -0.4 is 5.32 Å². The van der Waals surface area contributed by atoms with Gasteiger partial charge in [-0.25, -0.2) is 4.98 Å². The Kier molecular flexibility index (Phi) is 4.64. The van der Waals surface area contributed by atoms with E-state index in [4.69, 9.17) is 9.15 Å². The van der Waals surface area contributed by atoms with E-state index in [0.717, 1.165) is 43.2 Å². The largest absolute Gasteiger partial charge is 0.467 e. The van der Waals surface area contributed by atoms with Gasteiger partial charge in [0.1, 0.15) is 16.9 Å². The van der Waals surface area contributed by atoms with Crippen molar-refractivity contribution in [3.8, 4) is 0 Å². The van der Waals surface area contributed by atoms with Crippen LogP contribution in [0.4, 0.5) is 0 Å². The molecule has 2 aromatic rings. The number of thiazole rings is 1. The average molecular weight is 347 g/mol. The van der Waals surface area contributed by atoms with Crippen LogP contribution in [-0.4, -0.2) is 41.1 Å². The smallest absolute Gasteiger partial charge is 0.249 e. The van der Waals surface area contributed by atoms with Gasteiger partial charge in [-0.2, -0.15) is 0 Å². The highest BCUT2D eigenvalue weighted by Gasteiger charge is 2.41. The molecule has 24 heavy (non-hydrogen) atoms. The van der Waals surface area contributed by atoms with Gasteiger partial charge >= 0.3 is 0 Å². The number of carbonyl (C=O) groups is 1. The number of nitrogens with one attached hydrogen (secondary N) is 1. The molecule has 0 spiro atoms. The molecule has 3 atom stereocenters. The summed E-state index contributed by atoms with van der Waals surface area (Å²) in [5, 5.41) is 6.05. The summed E-state index contributed by atoms with van der Waals surface area (Å²) in [6.45, 7) is 3.22. The van der Waals surface area contributed by atoms with E-state index in [2.05, 4.69) is 15.2 Å². The second-order valence-corrected chi connectivity index (χ2v) is 7.38. The fourth-order valence-corrected chi connectivity index (χ4v) is 4.19. The second kappa shape index (κ2) is 7.04. The summed E-state index contributed by atoms with van der Waals surface area (Å²) in [5.41, 5.74) is 0. The minimum absolute atomic E-state index is 0.0349. The second-order valence-electron chi connectivity index (χ2n) is 6.41. The van der Waals surface area contributed by atoms with E-state index in [1.165, 1.54) is 0 Å². The summed E-state index contributed by atoms with van der Waals surface area (Å²) in [5.74, 6) is 1.21. The van der Waals surface area contributed by atoms with Gasteiger partial charge < -0.3 is 14.5 Å². The first-order chi connectivity index (χ1) is 11.8. The molecule has 2 aliphatic rings. The van der Waals surface area contributed by atoms with Crippen molar-refractivity contribution in [1.82, 2.24) is 15.2 Å². The number of furan rings is 1. The SMILES string of the molecule is O=C(NCc1ccco1)[C@@H]1C[C@@H]2CCN(Cc3nccs3)C[C@H]2O1. The first-order valence-corrected chi connectivity index (χ1v) is 9.22. The molecule has 2 saturated heterocycles. The van der Waals surface area contributed by atoms with Crippen molar-refractivity contribution in [3.05, 3.63) is 40.7 Å². The molecule has 4 rings (SSSR count). The zero-order chi connectivity index (χ0) is 16.4. The molecule has 4 heterocycles. The quantitative estimate of drug-likeness (QED) is 0.896. The molecular weight excluding hydrogens is 326 g/mol. The number of fused-ring (bicyclic) bond motifs is 1. The first kappa shape index (κ1) is 15.8. The standard InChI is InChI=1S/C17H21N3O3S/c21-17(19-9-13-2-1-6-22-13)14-8-12-3-5-20(10-15(12)23-14)11-16-18-4-7-24-16/h1-2,4,6-7,12,14-15H,3,5,8-11H2,(H,19,21)/t12-,14-,15+/m0/s1. The summed E-state index contributed by atoms with van der Waals surface area (Å²) >= 11 is 1.69. The predicted molar refractivity (Wildman–Crippen MR) is 89.3 cm³/mol. The van der Waals surface area contributed by atoms with Crippen LogP contribution in [0.5, 0.6) is 0 Å². The molecule has 0 saturated carbocycles. The molecule has 1 N–H and O–H groups in total. The molecule has 128 valence electrons. The molecule has 6 nitrogen and oxygen atoms in total. The van der Waals surface area contributed by atoms with Gasteiger partial charge in [0.25, 0.3) is 0 Å². The maximum atomic E-state index is 12.3. The lowest BCUT2D eigenvalue weighted by molar-refractivity contribution is -0.133. The van der Waals surface area contributed by atoms with E-state index in [-0.39, 0.29) is 18.1 Å². The summed E-state index contributed by atoms with van der Waals surface area (Å²) in [6.07, 6.45) is 5.17. The van der Waals surface area contributed by atoms with Crippen molar-refractivity contribution < 1.29 is 13.9 Å². The molecule has 0 aromatic carbocycles. The van der Waals surface area contributed by atoms with E-state index in [1.807, 2.05) is 23.7 Å². The Morgan fingerprint density at radius 1 is 1.50 bits per heavy atom. The topological polar surface area (TPSA) is 67.6 Å². The molecule has 1 amide bonds. The van der Waals surface area contributed by atoms with Crippen molar-refractivity contribution in [2.75, 3.05) is 13.1 Å². The predicted octanol–water partition coefficient (Wildman–Crippen LogP) is 2.03. The monoisotopic (exact) mass is 347 g/mol. The van der Waals surface area contributed by atoms with Crippen LogP contribution in [0.2, 0.25) is 0 Å². The van der Waals surface area contributed by atoms with Crippen LogP contribution >= 0.6 is 11.3 Å². The van der Waals surface area contributed by atoms with E-state index >= 15 is 0 Å². The third kappa shape index (κ3) is 3.53. The number of ether oxygens (including phenoxy) is 1. The first-order valence-electron chi connectivity index (χ1n) is 8.34. The number of hydrogen-bond donors (Lipinski definition) is 1. The van der Waals surface area contributed by atoms with Crippen LogP contribution in [0.25, 0.3) is 0 Å². The Hall–Kier alpha value is -1.70. The fraction of sp³-hybridized carbons (Fsp3) is 0.529. The van der Waals surface area contributed by atoms with E-state index < -0.39 is 0 Å². The lowest BCUT2D eigenvalue weighted by Gasteiger charge is -2.33. The molecule has 0 aliphatic carbocycles. The van der Waals surface area contributed by atoms with E-state index in [0.29, 0.717) is 12.5 Å². The van der Waals surface area contributed by atoms with Gasteiger partial charge in [0.15, 0.2) is 0 Å². The maximum Gasteiger partial charge on any atom is 0.249 e. The Labute approximate surface area is 144 Å². The van der Waals surface area contributed by atoms with Gasteiger partial charge in [-0.05, 0) is 37.4 Å². The van der Waals surface area contributed by atoms with Crippen LogP contribution in [0.3, 0.4) is 0 Å². The number of nitrogens with zero attached hydrogens (tertiary/aromatic N) is 2. The van der Waals surface area contributed by atoms with Crippen molar-refractivity contribution in [1.29, 1.82) is 0 Å². The molecular formula is C17H21N3O3S. The number of carbonyl (C=O) groups excluding carboxylic acids is 1. The highest BCUT2D eigenvalue weighted by atomic mass is 32.1. The van der Waals surface area contributed by atoms with Crippen LogP contribution in [0.15, 0.2) is 34.4 Å². The number of rotatable bonds is 5. The third-order valence-corrected chi connectivity index (χ3v) is 5.55.